The number of benzene rings is 1. The van der Waals surface area contributed by atoms with Crippen molar-refractivity contribution < 1.29 is 14.9 Å². The Morgan fingerprint density at radius 1 is 1.39 bits per heavy atom. The van der Waals surface area contributed by atoms with Crippen LogP contribution in [0, 0.1) is 5.21 Å². The number of nitrogens with one attached hydrogen (secondary N) is 1. The summed E-state index contributed by atoms with van der Waals surface area (Å²) in [5, 5.41) is 35.3. The lowest BCUT2D eigenvalue weighted by atomic mass is 10.0. The maximum atomic E-state index is 11.8. The molecule has 0 fully saturated rings. The number of hydrogen-bond acceptors (Lipinski definition) is 6. The third-order valence-electron chi connectivity index (χ3n) is 4.07. The molecule has 1 aromatic rings. The number of aliphatic hydroxyl groups is 2. The normalized spacial score (nSPS) is 21.0. The van der Waals surface area contributed by atoms with Crippen molar-refractivity contribution >= 4 is 5.69 Å². The minimum absolute atomic E-state index is 0.125. The molecule has 0 spiro atoms. The lowest BCUT2D eigenvalue weighted by Gasteiger charge is -2.25. The standard InChI is InChI=1S/C17H27N2O4/c1-11-9-19(22)15-5-4-6-16(17(11)15)23-10-14(21)8-18-12(2)7-13(3)20/h4-6,11-14,18,20-21H,7-10H2,1-3H3/q-1. The number of nitrogens with zero attached hydrogens (tertiary/aromatic N) is 1. The number of hydrogen-bond donors (Lipinski definition) is 3. The topological polar surface area (TPSA) is 88.0 Å². The fourth-order valence-electron chi connectivity index (χ4n) is 2.99. The first-order chi connectivity index (χ1) is 10.9. The monoisotopic (exact) mass is 323 g/mol. The Hall–Kier alpha value is -1.34. The van der Waals surface area contributed by atoms with Crippen molar-refractivity contribution in [1.29, 1.82) is 0 Å². The van der Waals surface area contributed by atoms with Gasteiger partial charge in [-0.15, -0.1) is 0 Å². The van der Waals surface area contributed by atoms with Gasteiger partial charge in [0.05, 0.1) is 6.10 Å². The van der Waals surface area contributed by atoms with Crippen molar-refractivity contribution in [2.45, 2.75) is 51.4 Å². The Balaban J connectivity index is 1.85. The molecule has 1 aliphatic heterocycles. The van der Waals surface area contributed by atoms with Gasteiger partial charge in [0.25, 0.3) is 0 Å². The molecule has 0 bridgehead atoms. The fourth-order valence-corrected chi connectivity index (χ4v) is 2.99. The third-order valence-corrected chi connectivity index (χ3v) is 4.07. The summed E-state index contributed by atoms with van der Waals surface area (Å²) in [4.78, 5) is 0. The molecule has 0 saturated carbocycles. The molecule has 4 unspecified atom stereocenters. The van der Waals surface area contributed by atoms with E-state index in [9.17, 15) is 15.4 Å². The Morgan fingerprint density at radius 3 is 2.83 bits per heavy atom. The van der Waals surface area contributed by atoms with Crippen LogP contribution in [0.5, 0.6) is 5.75 Å². The third kappa shape index (κ3) is 4.81. The molecule has 1 aromatic carbocycles. The second-order valence-electron chi connectivity index (χ2n) is 6.51. The number of ether oxygens (including phenoxy) is 1. The highest BCUT2D eigenvalue weighted by atomic mass is 16.5. The summed E-state index contributed by atoms with van der Waals surface area (Å²) in [6, 6.07) is 5.56. The van der Waals surface area contributed by atoms with Gasteiger partial charge in [-0.2, -0.15) is 0 Å². The minimum Gasteiger partial charge on any atom is -0.758 e. The van der Waals surface area contributed by atoms with Gasteiger partial charge < -0.3 is 30.5 Å². The quantitative estimate of drug-likeness (QED) is 0.673. The molecule has 1 heterocycles. The molecule has 1 aliphatic rings. The molecule has 3 N–H and O–H groups in total. The summed E-state index contributed by atoms with van der Waals surface area (Å²) >= 11 is 0. The van der Waals surface area contributed by atoms with Crippen molar-refractivity contribution in [1.82, 2.24) is 5.32 Å². The summed E-state index contributed by atoms with van der Waals surface area (Å²) in [5.41, 5.74) is 1.58. The van der Waals surface area contributed by atoms with E-state index in [1.165, 1.54) is 0 Å². The van der Waals surface area contributed by atoms with Crippen molar-refractivity contribution in [2.24, 2.45) is 0 Å². The zero-order chi connectivity index (χ0) is 17.0. The van der Waals surface area contributed by atoms with E-state index in [4.69, 9.17) is 4.74 Å². The molecule has 4 atom stereocenters. The minimum atomic E-state index is -0.651. The Kier molecular flexibility index (Phi) is 6.24. The molecule has 6 heteroatoms. The lowest BCUT2D eigenvalue weighted by Crippen LogP contribution is -2.37. The zero-order valence-electron chi connectivity index (χ0n) is 14.0. The van der Waals surface area contributed by atoms with Crippen molar-refractivity contribution in [3.05, 3.63) is 29.0 Å². The van der Waals surface area contributed by atoms with Crippen LogP contribution in [0.2, 0.25) is 0 Å². The molecular weight excluding hydrogens is 296 g/mol. The molecule has 0 aromatic heterocycles. The van der Waals surface area contributed by atoms with Crippen LogP contribution >= 0.6 is 0 Å². The summed E-state index contributed by atoms with van der Waals surface area (Å²) in [6.45, 7) is 6.71. The molecule has 2 rings (SSSR count). The van der Waals surface area contributed by atoms with E-state index >= 15 is 0 Å². The van der Waals surface area contributed by atoms with Gasteiger partial charge in [0.15, 0.2) is 0 Å². The predicted octanol–water partition coefficient (Wildman–Crippen LogP) is 1.60. The van der Waals surface area contributed by atoms with Crippen LogP contribution in [0.1, 0.15) is 38.7 Å². The number of rotatable bonds is 8. The van der Waals surface area contributed by atoms with Crippen LogP contribution < -0.4 is 15.1 Å². The van der Waals surface area contributed by atoms with Gasteiger partial charge in [-0.3, -0.25) is 0 Å². The van der Waals surface area contributed by atoms with Gasteiger partial charge in [-0.1, -0.05) is 13.0 Å². The van der Waals surface area contributed by atoms with Gasteiger partial charge >= 0.3 is 0 Å². The SMILES string of the molecule is CC(O)CC(C)NCC(O)COc1cccc2c1C(C)CN2[O-]. The lowest BCUT2D eigenvalue weighted by molar-refractivity contribution is 0.0996. The van der Waals surface area contributed by atoms with Gasteiger partial charge in [-0.05, 0) is 32.4 Å². The maximum Gasteiger partial charge on any atom is 0.125 e. The maximum absolute atomic E-state index is 11.8. The number of anilines is 1. The first kappa shape index (κ1) is 18.0. The van der Waals surface area contributed by atoms with Crippen LogP contribution in [0.3, 0.4) is 0 Å². The summed E-state index contributed by atoms with van der Waals surface area (Å²) < 4.78 is 5.74. The van der Waals surface area contributed by atoms with E-state index in [1.54, 1.807) is 19.1 Å². The Labute approximate surface area is 137 Å². The highest BCUT2D eigenvalue weighted by Gasteiger charge is 2.24. The average molecular weight is 323 g/mol. The van der Waals surface area contributed by atoms with Crippen molar-refractivity contribution in [3.8, 4) is 5.75 Å². The van der Waals surface area contributed by atoms with E-state index in [0.717, 1.165) is 10.6 Å². The van der Waals surface area contributed by atoms with Crippen LogP contribution in [-0.4, -0.2) is 48.2 Å². The number of fused-ring (bicyclic) bond motifs is 1. The van der Waals surface area contributed by atoms with E-state index in [2.05, 4.69) is 5.32 Å². The Bertz CT molecular complexity index is 509. The largest absolute Gasteiger partial charge is 0.758 e. The summed E-state index contributed by atoms with van der Waals surface area (Å²) in [5.74, 6) is 0.796. The molecule has 0 radical (unpaired) electrons. The number of aliphatic hydroxyl groups excluding tert-OH is 2. The van der Waals surface area contributed by atoms with Gasteiger partial charge in [0.2, 0.25) is 0 Å². The first-order valence-electron chi connectivity index (χ1n) is 8.18. The van der Waals surface area contributed by atoms with Gasteiger partial charge in [0, 0.05) is 36.3 Å². The molecule has 0 amide bonds. The molecule has 130 valence electrons. The van der Waals surface area contributed by atoms with E-state index in [1.807, 2.05) is 19.9 Å². The first-order valence-corrected chi connectivity index (χ1v) is 8.18. The average Bonchev–Trinajstić information content (AvgIpc) is 2.78. The highest BCUT2D eigenvalue weighted by molar-refractivity contribution is 5.65. The van der Waals surface area contributed by atoms with Gasteiger partial charge in [0.1, 0.15) is 18.5 Å². The fraction of sp³-hybridized carbons (Fsp3) is 0.647. The molecule has 0 saturated heterocycles. The molecular formula is C17H27N2O4-. The highest BCUT2D eigenvalue weighted by Crippen LogP contribution is 2.41. The zero-order valence-corrected chi connectivity index (χ0v) is 14.0. The Morgan fingerprint density at radius 2 is 2.13 bits per heavy atom. The van der Waals surface area contributed by atoms with Gasteiger partial charge in [-0.25, -0.2) is 0 Å². The van der Waals surface area contributed by atoms with Crippen LogP contribution in [0.25, 0.3) is 0 Å². The molecule has 6 nitrogen and oxygen atoms in total. The summed E-state index contributed by atoms with van der Waals surface area (Å²) in [6.07, 6.45) is -0.381. The van der Waals surface area contributed by atoms with Crippen LogP contribution in [-0.2, 0) is 0 Å². The van der Waals surface area contributed by atoms with Crippen LogP contribution in [0.15, 0.2) is 18.2 Å². The molecule has 23 heavy (non-hydrogen) atoms. The predicted molar refractivity (Wildman–Crippen MR) is 90.8 cm³/mol. The van der Waals surface area contributed by atoms with Crippen molar-refractivity contribution in [2.75, 3.05) is 24.8 Å². The van der Waals surface area contributed by atoms with E-state index in [0.29, 0.717) is 30.9 Å². The summed E-state index contributed by atoms with van der Waals surface area (Å²) in [7, 11) is 0. The van der Waals surface area contributed by atoms with Crippen LogP contribution in [0.4, 0.5) is 5.69 Å². The molecule has 0 aliphatic carbocycles. The van der Waals surface area contributed by atoms with E-state index in [-0.39, 0.29) is 24.7 Å². The van der Waals surface area contributed by atoms with Crippen molar-refractivity contribution in [3.63, 3.8) is 0 Å². The van der Waals surface area contributed by atoms with E-state index < -0.39 is 6.10 Å². The number of hydroxylamine groups is 1. The second-order valence-corrected chi connectivity index (χ2v) is 6.51. The smallest absolute Gasteiger partial charge is 0.125 e. The second kappa shape index (κ2) is 7.97.